The molecular formula is C16H19NO3S. The summed E-state index contributed by atoms with van der Waals surface area (Å²) in [4.78, 5) is 0.279. The topological polar surface area (TPSA) is 55.4 Å². The first-order valence-corrected chi connectivity index (χ1v) is 8.19. The third kappa shape index (κ3) is 4.06. The van der Waals surface area contributed by atoms with Crippen LogP contribution in [-0.4, -0.2) is 22.1 Å². The minimum absolute atomic E-state index is 0.279. The molecular weight excluding hydrogens is 286 g/mol. The van der Waals surface area contributed by atoms with Crippen LogP contribution in [0.15, 0.2) is 53.4 Å². The van der Waals surface area contributed by atoms with Crippen molar-refractivity contribution >= 4 is 10.0 Å². The normalized spacial score (nSPS) is 11.3. The first kappa shape index (κ1) is 15.5. The molecule has 0 bridgehead atoms. The maximum absolute atomic E-state index is 12.1. The highest BCUT2D eigenvalue weighted by molar-refractivity contribution is 7.89. The van der Waals surface area contributed by atoms with Gasteiger partial charge in [-0.15, -0.1) is 0 Å². The van der Waals surface area contributed by atoms with E-state index in [2.05, 4.69) is 4.72 Å². The van der Waals surface area contributed by atoms with Gasteiger partial charge in [-0.25, -0.2) is 13.1 Å². The number of aryl methyl sites for hydroxylation is 1. The van der Waals surface area contributed by atoms with Gasteiger partial charge in [0.25, 0.3) is 0 Å². The van der Waals surface area contributed by atoms with Crippen molar-refractivity contribution in [2.75, 3.05) is 13.7 Å². The van der Waals surface area contributed by atoms with Gasteiger partial charge >= 0.3 is 0 Å². The summed E-state index contributed by atoms with van der Waals surface area (Å²) < 4.78 is 32.1. The van der Waals surface area contributed by atoms with Crippen molar-refractivity contribution in [1.82, 2.24) is 4.72 Å². The third-order valence-corrected chi connectivity index (χ3v) is 4.65. The molecule has 0 amide bonds. The van der Waals surface area contributed by atoms with Gasteiger partial charge in [-0.2, -0.15) is 0 Å². The Bertz CT molecular complexity index is 697. The van der Waals surface area contributed by atoms with Gasteiger partial charge in [0, 0.05) is 6.54 Å². The van der Waals surface area contributed by atoms with Crippen LogP contribution >= 0.6 is 0 Å². The van der Waals surface area contributed by atoms with Gasteiger partial charge in [0.15, 0.2) is 0 Å². The average molecular weight is 305 g/mol. The second kappa shape index (κ2) is 6.74. The monoisotopic (exact) mass is 305 g/mol. The van der Waals surface area contributed by atoms with Gasteiger partial charge in [-0.1, -0.05) is 35.9 Å². The number of rotatable bonds is 6. The molecule has 0 radical (unpaired) electrons. The maximum Gasteiger partial charge on any atom is 0.240 e. The summed E-state index contributed by atoms with van der Waals surface area (Å²) in [5.74, 6) is 0.777. The van der Waals surface area contributed by atoms with Crippen LogP contribution in [0.3, 0.4) is 0 Å². The van der Waals surface area contributed by atoms with Crippen molar-refractivity contribution in [2.24, 2.45) is 0 Å². The zero-order valence-electron chi connectivity index (χ0n) is 12.2. The highest BCUT2D eigenvalue weighted by Gasteiger charge is 2.13. The molecule has 0 saturated carbocycles. The smallest absolute Gasteiger partial charge is 0.240 e. The third-order valence-electron chi connectivity index (χ3n) is 3.18. The van der Waals surface area contributed by atoms with Gasteiger partial charge in [0.1, 0.15) is 5.75 Å². The van der Waals surface area contributed by atoms with Crippen LogP contribution in [0.4, 0.5) is 0 Å². The molecule has 0 fully saturated rings. The number of nitrogens with one attached hydrogen (secondary N) is 1. The summed E-state index contributed by atoms with van der Waals surface area (Å²) >= 11 is 0. The number of ether oxygens (including phenoxy) is 1. The molecule has 0 aliphatic heterocycles. The van der Waals surface area contributed by atoms with Gasteiger partial charge < -0.3 is 4.74 Å². The predicted octanol–water partition coefficient (Wildman–Crippen LogP) is 2.52. The van der Waals surface area contributed by atoms with Crippen LogP contribution in [0.5, 0.6) is 5.75 Å². The Hall–Kier alpha value is -1.85. The molecule has 0 aromatic heterocycles. The maximum atomic E-state index is 12.1. The quantitative estimate of drug-likeness (QED) is 0.892. The van der Waals surface area contributed by atoms with Crippen molar-refractivity contribution in [3.63, 3.8) is 0 Å². The largest absolute Gasteiger partial charge is 0.496 e. The lowest BCUT2D eigenvalue weighted by Gasteiger charge is -2.10. The second-order valence-corrected chi connectivity index (χ2v) is 6.54. The second-order valence-electron chi connectivity index (χ2n) is 4.78. The number of hydrogen-bond donors (Lipinski definition) is 1. The molecule has 0 aliphatic rings. The Labute approximate surface area is 125 Å². The lowest BCUT2D eigenvalue weighted by atomic mass is 10.1. The minimum atomic E-state index is -3.45. The predicted molar refractivity (Wildman–Crippen MR) is 83.1 cm³/mol. The molecule has 2 rings (SSSR count). The lowest BCUT2D eigenvalue weighted by Crippen LogP contribution is -2.26. The molecule has 21 heavy (non-hydrogen) atoms. The van der Waals surface area contributed by atoms with E-state index in [0.717, 1.165) is 16.9 Å². The molecule has 5 heteroatoms. The van der Waals surface area contributed by atoms with E-state index in [1.54, 1.807) is 37.4 Å². The van der Waals surface area contributed by atoms with E-state index in [9.17, 15) is 8.42 Å². The van der Waals surface area contributed by atoms with E-state index in [-0.39, 0.29) is 4.90 Å². The fourth-order valence-electron chi connectivity index (χ4n) is 2.11. The lowest BCUT2D eigenvalue weighted by molar-refractivity contribution is 0.409. The van der Waals surface area contributed by atoms with Crippen LogP contribution in [0.25, 0.3) is 0 Å². The van der Waals surface area contributed by atoms with Gasteiger partial charge in [-0.05, 0) is 37.1 Å². The molecule has 0 saturated heterocycles. The number of sulfonamides is 1. The first-order valence-electron chi connectivity index (χ1n) is 6.71. The molecule has 0 aliphatic carbocycles. The Kier molecular flexibility index (Phi) is 4.98. The highest BCUT2D eigenvalue weighted by Crippen LogP contribution is 2.20. The van der Waals surface area contributed by atoms with Crippen molar-refractivity contribution in [3.8, 4) is 5.75 Å². The number of methoxy groups -OCH3 is 1. The van der Waals surface area contributed by atoms with E-state index in [0.29, 0.717) is 13.0 Å². The molecule has 112 valence electrons. The molecule has 0 unspecified atom stereocenters. The fourth-order valence-corrected chi connectivity index (χ4v) is 3.16. The summed E-state index contributed by atoms with van der Waals surface area (Å²) in [6, 6.07) is 14.2. The SMILES string of the molecule is COc1ccc(C)cc1CCNS(=O)(=O)c1ccccc1. The van der Waals surface area contributed by atoms with E-state index in [1.807, 2.05) is 25.1 Å². The summed E-state index contributed by atoms with van der Waals surface area (Å²) in [5.41, 5.74) is 2.12. The van der Waals surface area contributed by atoms with Crippen molar-refractivity contribution in [1.29, 1.82) is 0 Å². The summed E-state index contributed by atoms with van der Waals surface area (Å²) in [6.45, 7) is 2.33. The highest BCUT2D eigenvalue weighted by atomic mass is 32.2. The van der Waals surface area contributed by atoms with Crippen LogP contribution in [0.2, 0.25) is 0 Å². The molecule has 2 aromatic carbocycles. The Morgan fingerprint density at radius 2 is 1.81 bits per heavy atom. The molecule has 0 heterocycles. The van der Waals surface area contributed by atoms with Crippen molar-refractivity contribution < 1.29 is 13.2 Å². The van der Waals surface area contributed by atoms with Crippen LogP contribution in [0.1, 0.15) is 11.1 Å². The minimum Gasteiger partial charge on any atom is -0.496 e. The Morgan fingerprint density at radius 1 is 1.10 bits per heavy atom. The molecule has 4 nitrogen and oxygen atoms in total. The molecule has 0 spiro atoms. The van der Waals surface area contributed by atoms with Crippen LogP contribution in [-0.2, 0) is 16.4 Å². The molecule has 2 aromatic rings. The number of hydrogen-bond acceptors (Lipinski definition) is 3. The molecule has 0 atom stereocenters. The molecule has 1 N–H and O–H groups in total. The zero-order chi connectivity index (χ0) is 15.3. The Balaban J connectivity index is 2.03. The summed E-state index contributed by atoms with van der Waals surface area (Å²) in [6.07, 6.45) is 0.580. The van der Waals surface area contributed by atoms with E-state index in [1.165, 1.54) is 0 Å². The number of benzene rings is 2. The van der Waals surface area contributed by atoms with Gasteiger partial charge in [0.05, 0.1) is 12.0 Å². The van der Waals surface area contributed by atoms with Crippen molar-refractivity contribution in [3.05, 3.63) is 59.7 Å². The van der Waals surface area contributed by atoms with E-state index >= 15 is 0 Å². The Morgan fingerprint density at radius 3 is 2.48 bits per heavy atom. The van der Waals surface area contributed by atoms with E-state index in [4.69, 9.17) is 4.74 Å². The fraction of sp³-hybridized carbons (Fsp3) is 0.250. The standard InChI is InChI=1S/C16H19NO3S/c1-13-8-9-16(20-2)14(12-13)10-11-17-21(18,19)15-6-4-3-5-7-15/h3-9,12,17H,10-11H2,1-2H3. The van der Waals surface area contributed by atoms with Crippen molar-refractivity contribution in [2.45, 2.75) is 18.2 Å². The summed E-state index contributed by atoms with van der Waals surface area (Å²) in [5, 5.41) is 0. The zero-order valence-corrected chi connectivity index (χ0v) is 13.0. The summed E-state index contributed by atoms with van der Waals surface area (Å²) in [7, 11) is -1.84. The van der Waals surface area contributed by atoms with Crippen LogP contribution in [0, 0.1) is 6.92 Å². The van der Waals surface area contributed by atoms with Gasteiger partial charge in [0.2, 0.25) is 10.0 Å². The van der Waals surface area contributed by atoms with Crippen LogP contribution < -0.4 is 9.46 Å². The van der Waals surface area contributed by atoms with E-state index < -0.39 is 10.0 Å². The first-order chi connectivity index (χ1) is 10.0. The average Bonchev–Trinajstić information content (AvgIpc) is 2.48. The van der Waals surface area contributed by atoms with Gasteiger partial charge in [-0.3, -0.25) is 0 Å².